The number of pyridine rings is 2. The molecule has 0 aliphatic heterocycles. The van der Waals surface area contributed by atoms with Crippen LogP contribution in [0.4, 0.5) is 19.0 Å². The van der Waals surface area contributed by atoms with Crippen LogP contribution < -0.4 is 21.1 Å². The van der Waals surface area contributed by atoms with E-state index in [1.807, 2.05) is 18.2 Å². The predicted octanol–water partition coefficient (Wildman–Crippen LogP) is 5.96. The van der Waals surface area contributed by atoms with Crippen LogP contribution in [0.5, 0.6) is 5.75 Å². The molecule has 12 heteroatoms. The number of nitrogens with zero attached hydrogens (tertiary/aromatic N) is 2. The normalized spacial score (nSPS) is 11.7. The van der Waals surface area contributed by atoms with Crippen molar-refractivity contribution in [3.05, 3.63) is 95.7 Å². The van der Waals surface area contributed by atoms with Crippen molar-refractivity contribution in [2.24, 2.45) is 5.73 Å². The molecule has 0 saturated heterocycles. The average molecular weight is 608 g/mol. The molecule has 0 spiro atoms. The third-order valence-corrected chi connectivity index (χ3v) is 6.89. The minimum atomic E-state index is -4.76. The third kappa shape index (κ3) is 8.45. The fourth-order valence-corrected chi connectivity index (χ4v) is 4.92. The molecule has 0 atom stereocenters. The zero-order valence-corrected chi connectivity index (χ0v) is 23.8. The fourth-order valence-electron chi connectivity index (χ4n) is 4.92. The zero-order chi connectivity index (χ0) is 30.9. The summed E-state index contributed by atoms with van der Waals surface area (Å²) in [7, 11) is 0. The highest BCUT2D eigenvalue weighted by molar-refractivity contribution is 6.11. The van der Waals surface area contributed by atoms with Crippen LogP contribution in [-0.2, 0) is 17.7 Å². The van der Waals surface area contributed by atoms with Gasteiger partial charge in [-0.1, -0.05) is 12.1 Å². The van der Waals surface area contributed by atoms with E-state index in [1.54, 1.807) is 36.9 Å². The molecule has 1 amide bonds. The van der Waals surface area contributed by atoms with Gasteiger partial charge in [0.25, 0.3) is 0 Å². The lowest BCUT2D eigenvalue weighted by atomic mass is 10.0. The Balaban J connectivity index is 1.05. The van der Waals surface area contributed by atoms with E-state index in [-0.39, 0.29) is 5.75 Å². The van der Waals surface area contributed by atoms with Gasteiger partial charge >= 0.3 is 6.36 Å². The zero-order valence-electron chi connectivity index (χ0n) is 23.8. The van der Waals surface area contributed by atoms with Gasteiger partial charge in [-0.25, -0.2) is 4.98 Å². The number of halogens is 3. The number of primary amides is 1. The van der Waals surface area contributed by atoms with E-state index < -0.39 is 12.3 Å². The second-order valence-electron chi connectivity index (χ2n) is 10.2. The average Bonchev–Trinajstić information content (AvgIpc) is 3.49. The number of ether oxygens (including phenoxy) is 2. The quantitative estimate of drug-likeness (QED) is 0.0984. The van der Waals surface area contributed by atoms with E-state index in [0.717, 1.165) is 34.6 Å². The maximum absolute atomic E-state index is 12.8. The Morgan fingerprint density at radius 1 is 0.932 bits per heavy atom. The van der Waals surface area contributed by atoms with E-state index in [2.05, 4.69) is 20.4 Å². The molecule has 0 radical (unpaired) electrons. The molecule has 5 rings (SSSR count). The number of carbonyl (C=O) groups excluding carboxylic acids is 1. The van der Waals surface area contributed by atoms with Crippen molar-refractivity contribution < 1.29 is 31.9 Å². The van der Waals surface area contributed by atoms with Gasteiger partial charge < -0.3 is 30.3 Å². The first-order valence-corrected chi connectivity index (χ1v) is 14.1. The Morgan fingerprint density at radius 2 is 1.80 bits per heavy atom. The number of benzene rings is 2. The van der Waals surface area contributed by atoms with Gasteiger partial charge in [0, 0.05) is 60.2 Å². The van der Waals surface area contributed by atoms with Gasteiger partial charge in [0.2, 0.25) is 5.91 Å². The van der Waals surface area contributed by atoms with Crippen LogP contribution in [0.25, 0.3) is 21.7 Å². The van der Waals surface area contributed by atoms with Gasteiger partial charge in [-0.05, 0) is 72.5 Å². The van der Waals surface area contributed by atoms with Crippen LogP contribution in [0, 0.1) is 0 Å². The first kappa shape index (κ1) is 30.8. The standard InChI is InChI=1S/C32H32F3N5O4/c33-32(34,35)44-25-15-22(13-21-6-11-43-20-21)14-23(16-25)18-37-7-1-2-10-42-12-9-39-31-27-5-8-38-19-28(27)26-4-3-24(30(36)41)17-29(26)40-31/h3-6,8,11,14-17,19-20,37H,1-2,7,9-10,12-13,18H2,(H2,36,41)(H,39,40). The largest absolute Gasteiger partial charge is 0.573 e. The summed E-state index contributed by atoms with van der Waals surface area (Å²) >= 11 is 0. The molecule has 3 aromatic heterocycles. The number of hydrogen-bond donors (Lipinski definition) is 3. The molecule has 0 fully saturated rings. The van der Waals surface area contributed by atoms with Gasteiger partial charge in [0.15, 0.2) is 0 Å². The number of nitrogens with one attached hydrogen (secondary N) is 2. The van der Waals surface area contributed by atoms with E-state index in [1.165, 1.54) is 18.4 Å². The number of amides is 1. The second kappa shape index (κ2) is 14.2. The summed E-state index contributed by atoms with van der Waals surface area (Å²) in [5.41, 5.74) is 8.73. The first-order valence-electron chi connectivity index (χ1n) is 14.1. The molecule has 230 valence electrons. The van der Waals surface area contributed by atoms with Crippen LogP contribution in [0.2, 0.25) is 0 Å². The SMILES string of the molecule is NC(=O)c1ccc2c(c1)nc(NCCOCCCCNCc1cc(Cc3ccoc3)cc(OC(F)(F)F)c1)c1ccncc12. The highest BCUT2D eigenvalue weighted by atomic mass is 19.4. The minimum absolute atomic E-state index is 0.240. The van der Waals surface area contributed by atoms with E-state index in [9.17, 15) is 18.0 Å². The van der Waals surface area contributed by atoms with Gasteiger partial charge in [0.1, 0.15) is 11.6 Å². The van der Waals surface area contributed by atoms with Crippen molar-refractivity contribution in [1.82, 2.24) is 15.3 Å². The van der Waals surface area contributed by atoms with E-state index in [4.69, 9.17) is 19.9 Å². The molecule has 0 aliphatic rings. The van der Waals surface area contributed by atoms with Crippen LogP contribution >= 0.6 is 0 Å². The summed E-state index contributed by atoms with van der Waals surface area (Å²) in [6.07, 6.45) is 3.89. The van der Waals surface area contributed by atoms with Gasteiger partial charge in [-0.15, -0.1) is 13.2 Å². The Hall–Kier alpha value is -4.68. The van der Waals surface area contributed by atoms with Crippen LogP contribution in [0.1, 0.15) is 39.9 Å². The highest BCUT2D eigenvalue weighted by Gasteiger charge is 2.31. The summed E-state index contributed by atoms with van der Waals surface area (Å²) in [4.78, 5) is 20.6. The second-order valence-corrected chi connectivity index (χ2v) is 10.2. The van der Waals surface area contributed by atoms with Gasteiger partial charge in [-0.2, -0.15) is 0 Å². The molecule has 0 aliphatic carbocycles. The van der Waals surface area contributed by atoms with Crippen molar-refractivity contribution in [2.75, 3.05) is 31.6 Å². The molecule has 2 aromatic carbocycles. The monoisotopic (exact) mass is 607 g/mol. The summed E-state index contributed by atoms with van der Waals surface area (Å²) in [6, 6.07) is 13.5. The number of anilines is 1. The number of fused-ring (bicyclic) bond motifs is 3. The lowest BCUT2D eigenvalue weighted by Gasteiger charge is -2.13. The number of aromatic nitrogens is 2. The molecule has 9 nitrogen and oxygen atoms in total. The van der Waals surface area contributed by atoms with Crippen molar-refractivity contribution in [3.8, 4) is 5.75 Å². The molecular weight excluding hydrogens is 575 g/mol. The molecular formula is C32H32F3N5O4. The van der Waals surface area contributed by atoms with E-state index in [0.29, 0.717) is 67.3 Å². The number of rotatable bonds is 15. The predicted molar refractivity (Wildman–Crippen MR) is 160 cm³/mol. The smallest absolute Gasteiger partial charge is 0.472 e. The molecule has 0 bridgehead atoms. The van der Waals surface area contributed by atoms with Crippen molar-refractivity contribution >= 4 is 33.4 Å². The Kier molecular flexibility index (Phi) is 9.93. The first-order chi connectivity index (χ1) is 21.2. The van der Waals surface area contributed by atoms with Crippen molar-refractivity contribution in [2.45, 2.75) is 32.2 Å². The molecule has 0 saturated carbocycles. The molecule has 3 heterocycles. The Morgan fingerprint density at radius 3 is 2.59 bits per heavy atom. The lowest BCUT2D eigenvalue weighted by molar-refractivity contribution is -0.274. The number of hydrogen-bond acceptors (Lipinski definition) is 8. The molecule has 5 aromatic rings. The molecule has 0 unspecified atom stereocenters. The topological polar surface area (TPSA) is 125 Å². The fraction of sp³-hybridized carbons (Fsp3) is 0.281. The highest BCUT2D eigenvalue weighted by Crippen LogP contribution is 2.29. The lowest BCUT2D eigenvalue weighted by Crippen LogP contribution is -2.18. The van der Waals surface area contributed by atoms with Crippen LogP contribution in [-0.4, -0.2) is 48.5 Å². The Labute approximate surface area is 251 Å². The van der Waals surface area contributed by atoms with Crippen LogP contribution in [0.15, 0.2) is 77.9 Å². The minimum Gasteiger partial charge on any atom is -0.472 e. The van der Waals surface area contributed by atoms with Crippen molar-refractivity contribution in [1.29, 1.82) is 0 Å². The summed E-state index contributed by atoms with van der Waals surface area (Å²) < 4.78 is 53.5. The number of unbranched alkanes of at least 4 members (excludes halogenated alkanes) is 1. The number of furan rings is 1. The number of carbonyl (C=O) groups is 1. The Bertz CT molecular complexity index is 1710. The summed E-state index contributed by atoms with van der Waals surface area (Å²) in [5.74, 6) is -0.0865. The summed E-state index contributed by atoms with van der Waals surface area (Å²) in [5, 5.41) is 9.30. The maximum Gasteiger partial charge on any atom is 0.573 e. The molecule has 44 heavy (non-hydrogen) atoms. The summed E-state index contributed by atoms with van der Waals surface area (Å²) in [6.45, 7) is 2.64. The van der Waals surface area contributed by atoms with Gasteiger partial charge in [0.05, 0.1) is 24.6 Å². The maximum atomic E-state index is 12.8. The third-order valence-electron chi connectivity index (χ3n) is 6.89. The molecule has 4 N–H and O–H groups in total. The van der Waals surface area contributed by atoms with Crippen molar-refractivity contribution in [3.63, 3.8) is 0 Å². The van der Waals surface area contributed by atoms with E-state index >= 15 is 0 Å². The number of nitrogens with two attached hydrogens (primary N) is 1. The number of alkyl halides is 3. The van der Waals surface area contributed by atoms with Gasteiger partial charge in [-0.3, -0.25) is 9.78 Å². The van der Waals surface area contributed by atoms with Crippen LogP contribution in [0.3, 0.4) is 0 Å².